The molecule has 110 valence electrons. The number of nitrogens with one attached hydrogen (secondary N) is 1. The van der Waals surface area contributed by atoms with Gasteiger partial charge in [-0.25, -0.2) is 9.59 Å². The molecule has 1 unspecified atom stereocenters. The summed E-state index contributed by atoms with van der Waals surface area (Å²) in [6.07, 6.45) is 2.57. The molecule has 0 aromatic heterocycles. The van der Waals surface area contributed by atoms with Crippen LogP contribution in [0.3, 0.4) is 0 Å². The average Bonchev–Trinajstić information content (AvgIpc) is 2.23. The summed E-state index contributed by atoms with van der Waals surface area (Å²) in [5.74, 6) is -0.465. The van der Waals surface area contributed by atoms with Crippen LogP contribution in [0.5, 0.6) is 0 Å². The molecule has 0 aliphatic heterocycles. The van der Waals surface area contributed by atoms with Crippen molar-refractivity contribution in [1.29, 1.82) is 0 Å². The van der Waals surface area contributed by atoms with Gasteiger partial charge in [0.05, 0.1) is 7.11 Å². The highest BCUT2D eigenvalue weighted by Crippen LogP contribution is 2.09. The number of amides is 1. The molecule has 0 heterocycles. The smallest absolute Gasteiger partial charge is 0.408 e. The van der Waals surface area contributed by atoms with Gasteiger partial charge in [0.25, 0.3) is 0 Å². The van der Waals surface area contributed by atoms with E-state index in [1.807, 2.05) is 19.9 Å². The number of hydrogen-bond donors (Lipinski definition) is 1. The fraction of sp³-hybridized carbons (Fsp3) is 0.714. The topological polar surface area (TPSA) is 64.6 Å². The standard InChI is InChI=1S/C14H25NO4/c1-10(2)8-7-9-11(12(16)18-6)15-13(17)19-14(3,4)5/h8,11H,7,9H2,1-6H3,(H,15,17). The van der Waals surface area contributed by atoms with Crippen LogP contribution in [0.25, 0.3) is 0 Å². The van der Waals surface area contributed by atoms with Crippen LogP contribution in [0.1, 0.15) is 47.5 Å². The van der Waals surface area contributed by atoms with Crippen molar-refractivity contribution in [2.75, 3.05) is 7.11 Å². The Labute approximate surface area is 115 Å². The average molecular weight is 271 g/mol. The zero-order valence-electron chi connectivity index (χ0n) is 12.7. The van der Waals surface area contributed by atoms with E-state index in [0.29, 0.717) is 12.8 Å². The summed E-state index contributed by atoms with van der Waals surface area (Å²) in [7, 11) is 1.30. The monoisotopic (exact) mass is 271 g/mol. The molecule has 0 rings (SSSR count). The molecule has 0 saturated carbocycles. The van der Waals surface area contributed by atoms with E-state index in [1.54, 1.807) is 20.8 Å². The molecule has 0 aromatic carbocycles. The highest BCUT2D eigenvalue weighted by atomic mass is 16.6. The molecule has 0 aromatic rings. The van der Waals surface area contributed by atoms with Crippen LogP contribution >= 0.6 is 0 Å². The number of esters is 1. The summed E-state index contributed by atoms with van der Waals surface area (Å²) in [6, 6.07) is -0.685. The van der Waals surface area contributed by atoms with Gasteiger partial charge in [0.15, 0.2) is 0 Å². The molecule has 19 heavy (non-hydrogen) atoms. The Morgan fingerprint density at radius 2 is 1.84 bits per heavy atom. The molecular weight excluding hydrogens is 246 g/mol. The quantitative estimate of drug-likeness (QED) is 0.617. The lowest BCUT2D eigenvalue weighted by Gasteiger charge is -2.22. The van der Waals surface area contributed by atoms with Gasteiger partial charge in [-0.05, 0) is 47.5 Å². The maximum atomic E-state index is 11.6. The Bertz CT molecular complexity index is 338. The Balaban J connectivity index is 4.47. The lowest BCUT2D eigenvalue weighted by molar-refractivity contribution is -0.143. The van der Waals surface area contributed by atoms with Crippen LogP contribution in [0.15, 0.2) is 11.6 Å². The van der Waals surface area contributed by atoms with E-state index in [0.717, 1.165) is 0 Å². The van der Waals surface area contributed by atoms with Gasteiger partial charge in [-0.15, -0.1) is 0 Å². The van der Waals surface area contributed by atoms with E-state index in [1.165, 1.54) is 12.7 Å². The van der Waals surface area contributed by atoms with Crippen molar-refractivity contribution in [2.45, 2.75) is 59.1 Å². The van der Waals surface area contributed by atoms with Crippen molar-refractivity contribution in [3.8, 4) is 0 Å². The minimum absolute atomic E-state index is 0.465. The molecule has 0 aliphatic rings. The summed E-state index contributed by atoms with van der Waals surface area (Å²) in [5, 5.41) is 2.53. The van der Waals surface area contributed by atoms with Gasteiger partial charge < -0.3 is 14.8 Å². The zero-order chi connectivity index (χ0) is 15.1. The fourth-order valence-electron chi connectivity index (χ4n) is 1.38. The van der Waals surface area contributed by atoms with Gasteiger partial charge in [-0.1, -0.05) is 11.6 Å². The number of methoxy groups -OCH3 is 1. The maximum Gasteiger partial charge on any atom is 0.408 e. The minimum Gasteiger partial charge on any atom is -0.467 e. The molecule has 0 fully saturated rings. The van der Waals surface area contributed by atoms with Gasteiger partial charge in [0.2, 0.25) is 0 Å². The first-order valence-electron chi connectivity index (χ1n) is 6.36. The Morgan fingerprint density at radius 3 is 2.26 bits per heavy atom. The number of ether oxygens (including phenoxy) is 2. The van der Waals surface area contributed by atoms with Gasteiger partial charge in [-0.3, -0.25) is 0 Å². The molecule has 1 N–H and O–H groups in total. The van der Waals surface area contributed by atoms with E-state index < -0.39 is 23.7 Å². The van der Waals surface area contributed by atoms with Crippen LogP contribution < -0.4 is 5.32 Å². The Morgan fingerprint density at radius 1 is 1.26 bits per heavy atom. The third-order valence-corrected chi connectivity index (χ3v) is 2.18. The highest BCUT2D eigenvalue weighted by Gasteiger charge is 2.24. The molecule has 1 amide bonds. The highest BCUT2D eigenvalue weighted by molar-refractivity contribution is 5.81. The number of carbonyl (C=O) groups excluding carboxylic acids is 2. The van der Waals surface area contributed by atoms with Crippen molar-refractivity contribution >= 4 is 12.1 Å². The maximum absolute atomic E-state index is 11.6. The summed E-state index contributed by atoms with van der Waals surface area (Å²) in [4.78, 5) is 23.2. The Hall–Kier alpha value is -1.52. The van der Waals surface area contributed by atoms with E-state index in [-0.39, 0.29) is 0 Å². The summed E-state index contributed by atoms with van der Waals surface area (Å²) >= 11 is 0. The lowest BCUT2D eigenvalue weighted by Crippen LogP contribution is -2.43. The SMILES string of the molecule is COC(=O)C(CCC=C(C)C)NC(=O)OC(C)(C)C. The van der Waals surface area contributed by atoms with Crippen molar-refractivity contribution in [3.63, 3.8) is 0 Å². The van der Waals surface area contributed by atoms with Gasteiger partial charge in [-0.2, -0.15) is 0 Å². The predicted octanol–water partition coefficient (Wildman–Crippen LogP) is 2.80. The number of carbonyl (C=O) groups is 2. The summed E-state index contributed by atoms with van der Waals surface area (Å²) in [6.45, 7) is 9.26. The molecule has 5 heteroatoms. The number of allylic oxidation sites excluding steroid dienone is 2. The molecular formula is C14H25NO4. The number of alkyl carbamates (subject to hydrolysis) is 1. The van der Waals surface area contributed by atoms with Gasteiger partial charge >= 0.3 is 12.1 Å². The van der Waals surface area contributed by atoms with Gasteiger partial charge in [0, 0.05) is 0 Å². The second kappa shape index (κ2) is 7.81. The predicted molar refractivity (Wildman–Crippen MR) is 73.8 cm³/mol. The van der Waals surface area contributed by atoms with Crippen LogP contribution in [-0.2, 0) is 14.3 Å². The zero-order valence-corrected chi connectivity index (χ0v) is 12.7. The van der Waals surface area contributed by atoms with Crippen molar-refractivity contribution in [2.24, 2.45) is 0 Å². The van der Waals surface area contributed by atoms with Crippen molar-refractivity contribution in [3.05, 3.63) is 11.6 Å². The van der Waals surface area contributed by atoms with E-state index >= 15 is 0 Å². The molecule has 0 saturated heterocycles. The number of rotatable bonds is 5. The fourth-order valence-corrected chi connectivity index (χ4v) is 1.38. The molecule has 0 bridgehead atoms. The van der Waals surface area contributed by atoms with Gasteiger partial charge in [0.1, 0.15) is 11.6 Å². The second-order valence-electron chi connectivity index (χ2n) is 5.58. The van der Waals surface area contributed by atoms with Crippen LogP contribution in [0, 0.1) is 0 Å². The first-order valence-corrected chi connectivity index (χ1v) is 6.36. The normalized spacial score (nSPS) is 12.3. The number of hydrogen-bond acceptors (Lipinski definition) is 4. The summed E-state index contributed by atoms with van der Waals surface area (Å²) in [5.41, 5.74) is 0.575. The lowest BCUT2D eigenvalue weighted by atomic mass is 10.1. The third-order valence-electron chi connectivity index (χ3n) is 2.18. The van der Waals surface area contributed by atoms with Crippen LogP contribution in [0.2, 0.25) is 0 Å². The molecule has 0 radical (unpaired) electrons. The minimum atomic E-state index is -0.685. The summed E-state index contributed by atoms with van der Waals surface area (Å²) < 4.78 is 9.79. The largest absolute Gasteiger partial charge is 0.467 e. The van der Waals surface area contributed by atoms with E-state index in [4.69, 9.17) is 4.74 Å². The van der Waals surface area contributed by atoms with Crippen LogP contribution in [-0.4, -0.2) is 30.8 Å². The third kappa shape index (κ3) is 9.11. The molecule has 5 nitrogen and oxygen atoms in total. The molecule has 1 atom stereocenters. The van der Waals surface area contributed by atoms with Crippen molar-refractivity contribution in [1.82, 2.24) is 5.32 Å². The van der Waals surface area contributed by atoms with Crippen LogP contribution in [0.4, 0.5) is 4.79 Å². The van der Waals surface area contributed by atoms with Crippen molar-refractivity contribution < 1.29 is 19.1 Å². The van der Waals surface area contributed by atoms with E-state index in [9.17, 15) is 9.59 Å². The molecule has 0 spiro atoms. The Kier molecular flexibility index (Phi) is 7.19. The second-order valence-corrected chi connectivity index (χ2v) is 5.58. The molecule has 0 aliphatic carbocycles. The first kappa shape index (κ1) is 17.5. The van der Waals surface area contributed by atoms with E-state index in [2.05, 4.69) is 10.1 Å². The first-order chi connectivity index (χ1) is 8.65.